The molecule has 172 valence electrons. The van der Waals surface area contributed by atoms with Crippen molar-refractivity contribution in [2.45, 2.75) is 33.0 Å². The summed E-state index contributed by atoms with van der Waals surface area (Å²) < 4.78 is 25.4. The van der Waals surface area contributed by atoms with Crippen LogP contribution in [0.1, 0.15) is 26.3 Å². The number of amides is 2. The summed E-state index contributed by atoms with van der Waals surface area (Å²) in [5.41, 5.74) is 6.41. The quantitative estimate of drug-likeness (QED) is 0.720. The molecule has 1 aliphatic heterocycles. The van der Waals surface area contributed by atoms with Gasteiger partial charge in [-0.1, -0.05) is 30.3 Å². The summed E-state index contributed by atoms with van der Waals surface area (Å²) in [5, 5.41) is 2.43. The molecular formula is C23H29FN4O4. The molecule has 0 unspecified atom stereocenters. The summed E-state index contributed by atoms with van der Waals surface area (Å²) in [6.07, 6.45) is -1.35. The second-order valence-corrected chi connectivity index (χ2v) is 8.46. The number of halogens is 1. The van der Waals surface area contributed by atoms with Crippen LogP contribution in [0, 0.1) is 5.82 Å². The second kappa shape index (κ2) is 9.76. The molecule has 0 atom stereocenters. The fourth-order valence-corrected chi connectivity index (χ4v) is 3.29. The predicted octanol–water partition coefficient (Wildman–Crippen LogP) is 4.02. The zero-order valence-corrected chi connectivity index (χ0v) is 18.6. The van der Waals surface area contributed by atoms with Gasteiger partial charge in [-0.3, -0.25) is 0 Å². The summed E-state index contributed by atoms with van der Waals surface area (Å²) in [4.78, 5) is 27.5. The zero-order chi connectivity index (χ0) is 23.3. The minimum atomic E-state index is -0.744. The Balaban J connectivity index is 1.78. The van der Waals surface area contributed by atoms with Gasteiger partial charge in [0.05, 0.1) is 18.8 Å². The number of hydrogen-bond donors (Lipinski definition) is 1. The van der Waals surface area contributed by atoms with Crippen molar-refractivity contribution in [3.8, 4) is 0 Å². The molecule has 0 spiro atoms. The van der Waals surface area contributed by atoms with Crippen LogP contribution >= 0.6 is 0 Å². The largest absolute Gasteiger partial charge is 0.443 e. The van der Waals surface area contributed by atoms with Gasteiger partial charge in [0.2, 0.25) is 0 Å². The summed E-state index contributed by atoms with van der Waals surface area (Å²) in [5.74, 6) is -0.464. The molecule has 3 rings (SSSR count). The van der Waals surface area contributed by atoms with Gasteiger partial charge in [-0.25, -0.2) is 24.0 Å². The first kappa shape index (κ1) is 23.2. The predicted molar refractivity (Wildman–Crippen MR) is 119 cm³/mol. The molecule has 0 radical (unpaired) electrons. The van der Waals surface area contributed by atoms with Crippen LogP contribution < -0.4 is 10.6 Å². The lowest BCUT2D eigenvalue weighted by Gasteiger charge is -2.33. The van der Waals surface area contributed by atoms with Crippen molar-refractivity contribution in [3.05, 3.63) is 59.9 Å². The van der Waals surface area contributed by atoms with Gasteiger partial charge >= 0.3 is 12.2 Å². The van der Waals surface area contributed by atoms with Crippen LogP contribution in [0.3, 0.4) is 0 Å². The van der Waals surface area contributed by atoms with Gasteiger partial charge in [0.25, 0.3) is 0 Å². The van der Waals surface area contributed by atoms with E-state index < -0.39 is 23.6 Å². The van der Waals surface area contributed by atoms with E-state index in [4.69, 9.17) is 15.2 Å². The lowest BCUT2D eigenvalue weighted by atomic mass is 10.2. The third kappa shape index (κ3) is 6.03. The SMILES string of the molecule is CC(C)(C)OC(=O)N1CCN(c2ccc(N)cc2F)CCN1C(=O)OCc1ccccc1. The summed E-state index contributed by atoms with van der Waals surface area (Å²) >= 11 is 0. The molecule has 2 N–H and O–H groups in total. The Bertz CT molecular complexity index is 949. The highest BCUT2D eigenvalue weighted by molar-refractivity contribution is 5.75. The molecular weight excluding hydrogens is 415 g/mol. The van der Waals surface area contributed by atoms with Crippen molar-refractivity contribution in [1.82, 2.24) is 10.0 Å². The number of carbonyl (C=O) groups excluding carboxylic acids is 2. The average molecular weight is 445 g/mol. The monoisotopic (exact) mass is 444 g/mol. The van der Waals surface area contributed by atoms with Crippen molar-refractivity contribution in [2.24, 2.45) is 0 Å². The molecule has 1 aliphatic rings. The van der Waals surface area contributed by atoms with E-state index in [2.05, 4.69) is 0 Å². The highest BCUT2D eigenvalue weighted by atomic mass is 19.1. The molecule has 2 aromatic carbocycles. The van der Waals surface area contributed by atoms with Crippen LogP contribution in [-0.4, -0.2) is 54.0 Å². The van der Waals surface area contributed by atoms with Gasteiger partial charge in [0.15, 0.2) is 0 Å². The van der Waals surface area contributed by atoms with Crippen LogP contribution in [0.4, 0.5) is 25.4 Å². The fourth-order valence-electron chi connectivity index (χ4n) is 3.29. The number of carbonyl (C=O) groups is 2. The first-order chi connectivity index (χ1) is 15.1. The molecule has 0 aromatic heterocycles. The van der Waals surface area contributed by atoms with Gasteiger partial charge in [-0.15, -0.1) is 0 Å². The van der Waals surface area contributed by atoms with Crippen LogP contribution in [0.5, 0.6) is 0 Å². The van der Waals surface area contributed by atoms with E-state index in [0.717, 1.165) is 5.56 Å². The van der Waals surface area contributed by atoms with Gasteiger partial charge in [-0.05, 0) is 44.5 Å². The van der Waals surface area contributed by atoms with Gasteiger partial charge in [-0.2, -0.15) is 0 Å². The minimum Gasteiger partial charge on any atom is -0.443 e. The molecule has 2 amide bonds. The maximum Gasteiger partial charge on any atom is 0.429 e. The normalized spacial score (nSPS) is 14.7. The fraction of sp³-hybridized carbons (Fsp3) is 0.391. The maximum absolute atomic E-state index is 14.5. The van der Waals surface area contributed by atoms with Crippen molar-refractivity contribution in [3.63, 3.8) is 0 Å². The minimum absolute atomic E-state index is 0.0641. The van der Waals surface area contributed by atoms with Gasteiger partial charge in [0.1, 0.15) is 18.0 Å². The molecule has 1 fully saturated rings. The highest BCUT2D eigenvalue weighted by Crippen LogP contribution is 2.24. The average Bonchev–Trinajstić information content (AvgIpc) is 2.95. The number of nitrogens with two attached hydrogens (primary N) is 1. The van der Waals surface area contributed by atoms with Crippen molar-refractivity contribution in [2.75, 3.05) is 36.8 Å². The molecule has 32 heavy (non-hydrogen) atoms. The molecule has 0 saturated carbocycles. The van der Waals surface area contributed by atoms with Gasteiger partial charge < -0.3 is 20.1 Å². The Morgan fingerprint density at radius 2 is 1.59 bits per heavy atom. The van der Waals surface area contributed by atoms with Crippen LogP contribution in [0.25, 0.3) is 0 Å². The van der Waals surface area contributed by atoms with Crippen molar-refractivity contribution < 1.29 is 23.5 Å². The van der Waals surface area contributed by atoms with E-state index in [9.17, 15) is 14.0 Å². The summed E-state index contributed by atoms with van der Waals surface area (Å²) in [7, 11) is 0. The van der Waals surface area contributed by atoms with Crippen molar-refractivity contribution in [1.29, 1.82) is 0 Å². The Morgan fingerprint density at radius 1 is 0.969 bits per heavy atom. The second-order valence-electron chi connectivity index (χ2n) is 8.46. The van der Waals surface area contributed by atoms with E-state index in [1.165, 1.54) is 16.1 Å². The van der Waals surface area contributed by atoms with E-state index in [-0.39, 0.29) is 19.7 Å². The molecule has 2 aromatic rings. The Kier molecular flexibility index (Phi) is 7.07. The number of benzene rings is 2. The standard InChI is InChI=1S/C23H29FN4O4/c1-23(2,3)32-22(30)28-14-12-26(20-10-9-18(25)15-19(20)24)11-13-27(28)21(29)31-16-17-7-5-4-6-8-17/h4-10,15H,11-14,16,25H2,1-3H3. The molecule has 0 aliphatic carbocycles. The Labute approximate surface area is 187 Å². The first-order valence-electron chi connectivity index (χ1n) is 10.4. The third-order valence-electron chi connectivity index (χ3n) is 4.79. The number of hydrogen-bond acceptors (Lipinski definition) is 6. The number of nitrogens with zero attached hydrogens (tertiary/aromatic N) is 3. The molecule has 1 heterocycles. The maximum atomic E-state index is 14.5. The molecule has 1 saturated heterocycles. The van der Waals surface area contributed by atoms with Crippen molar-refractivity contribution >= 4 is 23.6 Å². The lowest BCUT2D eigenvalue weighted by Crippen LogP contribution is -2.52. The zero-order valence-electron chi connectivity index (χ0n) is 18.6. The Morgan fingerprint density at radius 3 is 2.19 bits per heavy atom. The summed E-state index contributed by atoms with van der Waals surface area (Å²) in [6.45, 7) is 6.11. The first-order valence-corrected chi connectivity index (χ1v) is 10.4. The van der Waals surface area contributed by atoms with E-state index in [0.29, 0.717) is 24.5 Å². The summed E-state index contributed by atoms with van der Waals surface area (Å²) in [6, 6.07) is 13.7. The lowest BCUT2D eigenvalue weighted by molar-refractivity contribution is -0.0421. The molecule has 9 heteroatoms. The van der Waals surface area contributed by atoms with Crippen LogP contribution in [-0.2, 0) is 16.1 Å². The van der Waals surface area contributed by atoms with Gasteiger partial charge in [0, 0.05) is 18.8 Å². The van der Waals surface area contributed by atoms with E-state index in [1.807, 2.05) is 30.3 Å². The van der Waals surface area contributed by atoms with Crippen LogP contribution in [0.15, 0.2) is 48.5 Å². The Hall–Kier alpha value is -3.49. The topological polar surface area (TPSA) is 88.3 Å². The number of nitrogen functional groups attached to an aromatic ring is 1. The number of anilines is 2. The smallest absolute Gasteiger partial charge is 0.429 e. The van der Waals surface area contributed by atoms with E-state index >= 15 is 0 Å². The van der Waals surface area contributed by atoms with E-state index in [1.54, 1.807) is 37.8 Å². The number of ether oxygens (including phenoxy) is 2. The number of hydrazine groups is 1. The highest BCUT2D eigenvalue weighted by Gasteiger charge is 2.34. The molecule has 0 bridgehead atoms. The third-order valence-corrected chi connectivity index (χ3v) is 4.79. The number of rotatable bonds is 3. The molecule has 8 nitrogen and oxygen atoms in total. The van der Waals surface area contributed by atoms with Crippen LogP contribution in [0.2, 0.25) is 0 Å².